The maximum atomic E-state index is 13.8. The van der Waals surface area contributed by atoms with Crippen LogP contribution in [0.4, 0.5) is 14.5 Å². The van der Waals surface area contributed by atoms with E-state index in [0.29, 0.717) is 13.0 Å². The van der Waals surface area contributed by atoms with Crippen molar-refractivity contribution in [3.63, 3.8) is 0 Å². The van der Waals surface area contributed by atoms with Gasteiger partial charge >= 0.3 is 5.97 Å². The summed E-state index contributed by atoms with van der Waals surface area (Å²) in [5.74, 6) is -4.12. The number of hydrogen-bond acceptors (Lipinski definition) is 4. The second kappa shape index (κ2) is 5.72. The lowest BCUT2D eigenvalue weighted by molar-refractivity contribution is -0.0127. The van der Waals surface area contributed by atoms with E-state index < -0.39 is 23.2 Å². The Balaban J connectivity index is 2.18. The molecule has 1 saturated carbocycles. The Bertz CT molecular complexity index is 523. The summed E-state index contributed by atoms with van der Waals surface area (Å²) in [4.78, 5) is 10.7. The second-order valence-corrected chi connectivity index (χ2v) is 4.66. The standard InChI is InChI=1S/C13H16F2N2O3/c1-2-20-9-5-7(16)12(9)17-8-4-3-6(13(18)19)10(14)11(8)15/h3-4,7,9,12,17H,2,5,16H2,1H3,(H,18,19). The van der Waals surface area contributed by atoms with Crippen LogP contribution in [-0.2, 0) is 4.74 Å². The normalized spacial score (nSPS) is 25.1. The lowest BCUT2D eigenvalue weighted by Crippen LogP contribution is -2.60. The van der Waals surface area contributed by atoms with Crippen LogP contribution in [0.1, 0.15) is 23.7 Å². The number of nitrogens with two attached hydrogens (primary N) is 1. The molecule has 20 heavy (non-hydrogen) atoms. The van der Waals surface area contributed by atoms with E-state index in [9.17, 15) is 13.6 Å². The van der Waals surface area contributed by atoms with E-state index in [1.54, 1.807) is 0 Å². The summed E-state index contributed by atoms with van der Waals surface area (Å²) in [6.45, 7) is 2.34. The molecule has 0 amide bonds. The largest absolute Gasteiger partial charge is 0.478 e. The molecular formula is C13H16F2N2O3. The van der Waals surface area contributed by atoms with E-state index in [-0.39, 0.29) is 23.9 Å². The molecule has 110 valence electrons. The molecule has 0 aromatic heterocycles. The minimum Gasteiger partial charge on any atom is -0.478 e. The van der Waals surface area contributed by atoms with Crippen molar-refractivity contribution in [3.8, 4) is 0 Å². The summed E-state index contributed by atoms with van der Waals surface area (Å²) < 4.78 is 32.8. The predicted octanol–water partition coefficient (Wildman–Crippen LogP) is 1.58. The topological polar surface area (TPSA) is 84.6 Å². The molecule has 0 saturated heterocycles. The zero-order chi connectivity index (χ0) is 14.9. The zero-order valence-corrected chi connectivity index (χ0v) is 10.9. The fourth-order valence-corrected chi connectivity index (χ4v) is 2.23. The first-order valence-electron chi connectivity index (χ1n) is 6.30. The van der Waals surface area contributed by atoms with E-state index in [1.807, 2.05) is 6.92 Å². The predicted molar refractivity (Wildman–Crippen MR) is 68.7 cm³/mol. The third kappa shape index (κ3) is 2.59. The SMILES string of the molecule is CCOC1CC(N)C1Nc1ccc(C(=O)O)c(F)c1F. The highest BCUT2D eigenvalue weighted by molar-refractivity contribution is 5.88. The fraction of sp³-hybridized carbons (Fsp3) is 0.462. The van der Waals surface area contributed by atoms with Gasteiger partial charge in [-0.25, -0.2) is 13.6 Å². The maximum Gasteiger partial charge on any atom is 0.338 e. The molecule has 1 aliphatic rings. The van der Waals surface area contributed by atoms with Gasteiger partial charge in [-0.1, -0.05) is 0 Å². The minimum absolute atomic E-state index is 0.114. The Kier molecular flexibility index (Phi) is 4.20. The quantitative estimate of drug-likeness (QED) is 0.765. The molecule has 1 fully saturated rings. The Morgan fingerprint density at radius 1 is 1.50 bits per heavy atom. The molecule has 0 spiro atoms. The molecular weight excluding hydrogens is 270 g/mol. The molecule has 7 heteroatoms. The Morgan fingerprint density at radius 2 is 2.20 bits per heavy atom. The number of anilines is 1. The van der Waals surface area contributed by atoms with Crippen molar-refractivity contribution < 1.29 is 23.4 Å². The molecule has 0 aliphatic heterocycles. The number of halogens is 2. The molecule has 3 atom stereocenters. The first-order chi connectivity index (χ1) is 9.45. The molecule has 1 aliphatic carbocycles. The van der Waals surface area contributed by atoms with Gasteiger partial charge in [0.05, 0.1) is 23.4 Å². The maximum absolute atomic E-state index is 13.8. The van der Waals surface area contributed by atoms with Crippen LogP contribution in [0.5, 0.6) is 0 Å². The molecule has 3 unspecified atom stereocenters. The van der Waals surface area contributed by atoms with Gasteiger partial charge in [0.2, 0.25) is 0 Å². The van der Waals surface area contributed by atoms with E-state index in [2.05, 4.69) is 5.32 Å². The van der Waals surface area contributed by atoms with E-state index >= 15 is 0 Å². The van der Waals surface area contributed by atoms with Crippen molar-refractivity contribution >= 4 is 11.7 Å². The van der Waals surface area contributed by atoms with Gasteiger partial charge < -0.3 is 20.9 Å². The van der Waals surface area contributed by atoms with E-state index in [1.165, 1.54) is 6.07 Å². The van der Waals surface area contributed by atoms with E-state index in [4.69, 9.17) is 15.6 Å². The van der Waals surface area contributed by atoms with Gasteiger partial charge in [-0.15, -0.1) is 0 Å². The zero-order valence-electron chi connectivity index (χ0n) is 10.9. The van der Waals surface area contributed by atoms with Gasteiger partial charge in [0.15, 0.2) is 11.6 Å². The summed E-state index contributed by atoms with van der Waals surface area (Å²) in [6, 6.07) is 1.67. The molecule has 5 nitrogen and oxygen atoms in total. The lowest BCUT2D eigenvalue weighted by Gasteiger charge is -2.43. The number of carboxylic acid groups (broad SMARTS) is 1. The first-order valence-corrected chi connectivity index (χ1v) is 6.30. The summed E-state index contributed by atoms with van der Waals surface area (Å²) in [5, 5.41) is 11.5. The van der Waals surface area contributed by atoms with Crippen LogP contribution in [0.2, 0.25) is 0 Å². The third-order valence-electron chi connectivity index (χ3n) is 3.38. The van der Waals surface area contributed by atoms with Crippen LogP contribution in [0, 0.1) is 11.6 Å². The molecule has 0 radical (unpaired) electrons. The van der Waals surface area contributed by atoms with Gasteiger partial charge in [-0.05, 0) is 25.5 Å². The number of carbonyl (C=O) groups is 1. The minimum atomic E-state index is -1.51. The molecule has 1 aromatic carbocycles. The van der Waals surface area contributed by atoms with Crippen molar-refractivity contribution in [1.29, 1.82) is 0 Å². The molecule has 0 bridgehead atoms. The number of ether oxygens (including phenoxy) is 1. The van der Waals surface area contributed by atoms with Gasteiger partial charge in [-0.2, -0.15) is 0 Å². The van der Waals surface area contributed by atoms with Gasteiger partial charge in [-0.3, -0.25) is 0 Å². The Labute approximate surface area is 114 Å². The highest BCUT2D eigenvalue weighted by Gasteiger charge is 2.40. The summed E-state index contributed by atoms with van der Waals surface area (Å²) in [6.07, 6.45) is 0.486. The number of rotatable bonds is 5. The summed E-state index contributed by atoms with van der Waals surface area (Å²) >= 11 is 0. The van der Waals surface area contributed by atoms with Crippen LogP contribution in [0.25, 0.3) is 0 Å². The van der Waals surface area contributed by atoms with Crippen LogP contribution in [-0.4, -0.2) is 35.9 Å². The van der Waals surface area contributed by atoms with Crippen LogP contribution in [0.3, 0.4) is 0 Å². The number of aromatic carboxylic acids is 1. The van der Waals surface area contributed by atoms with Crippen molar-refractivity contribution in [2.24, 2.45) is 5.73 Å². The summed E-state index contributed by atoms with van der Waals surface area (Å²) in [7, 11) is 0. The fourth-order valence-electron chi connectivity index (χ4n) is 2.23. The third-order valence-corrected chi connectivity index (χ3v) is 3.38. The monoisotopic (exact) mass is 286 g/mol. The molecule has 2 rings (SSSR count). The average Bonchev–Trinajstić information content (AvgIpc) is 2.39. The van der Waals surface area contributed by atoms with Crippen molar-refractivity contribution in [1.82, 2.24) is 0 Å². The highest BCUT2D eigenvalue weighted by Crippen LogP contribution is 2.29. The van der Waals surface area contributed by atoms with Gasteiger partial charge in [0.25, 0.3) is 0 Å². The van der Waals surface area contributed by atoms with Crippen LogP contribution < -0.4 is 11.1 Å². The van der Waals surface area contributed by atoms with Crippen LogP contribution >= 0.6 is 0 Å². The molecule has 1 aromatic rings. The number of nitrogens with one attached hydrogen (secondary N) is 1. The van der Waals surface area contributed by atoms with Crippen LogP contribution in [0.15, 0.2) is 12.1 Å². The second-order valence-electron chi connectivity index (χ2n) is 4.66. The number of benzene rings is 1. The first kappa shape index (κ1) is 14.7. The van der Waals surface area contributed by atoms with Gasteiger partial charge in [0.1, 0.15) is 0 Å². The van der Waals surface area contributed by atoms with Crippen molar-refractivity contribution in [3.05, 3.63) is 29.3 Å². The number of hydrogen-bond donors (Lipinski definition) is 3. The molecule has 0 heterocycles. The Hall–Kier alpha value is -1.73. The smallest absolute Gasteiger partial charge is 0.338 e. The lowest BCUT2D eigenvalue weighted by atomic mass is 9.83. The van der Waals surface area contributed by atoms with Gasteiger partial charge in [0, 0.05) is 12.6 Å². The van der Waals surface area contributed by atoms with Crippen molar-refractivity contribution in [2.45, 2.75) is 31.5 Å². The molecule has 4 N–H and O–H groups in total. The highest BCUT2D eigenvalue weighted by atomic mass is 19.2. The van der Waals surface area contributed by atoms with Crippen molar-refractivity contribution in [2.75, 3.05) is 11.9 Å². The number of carboxylic acids is 1. The van der Waals surface area contributed by atoms with E-state index in [0.717, 1.165) is 6.07 Å². The summed E-state index contributed by atoms with van der Waals surface area (Å²) in [5.41, 5.74) is 4.99. The average molecular weight is 286 g/mol. The Morgan fingerprint density at radius 3 is 2.75 bits per heavy atom.